The molecule has 0 saturated carbocycles. The van der Waals surface area contributed by atoms with Gasteiger partial charge in [-0.2, -0.15) is 9.97 Å². The summed E-state index contributed by atoms with van der Waals surface area (Å²) in [6, 6.07) is 7.74. The van der Waals surface area contributed by atoms with E-state index in [0.29, 0.717) is 12.4 Å². The van der Waals surface area contributed by atoms with Gasteiger partial charge in [-0.1, -0.05) is 39.0 Å². The molecule has 43 heavy (non-hydrogen) atoms. The number of hydrogen-bond donors (Lipinski definition) is 3. The van der Waals surface area contributed by atoms with Gasteiger partial charge in [0.2, 0.25) is 11.8 Å². The second kappa shape index (κ2) is 13.0. The van der Waals surface area contributed by atoms with Gasteiger partial charge >= 0.3 is 12.6 Å². The number of rotatable bonds is 12. The van der Waals surface area contributed by atoms with Gasteiger partial charge in [-0.3, -0.25) is 9.36 Å². The Labute approximate surface area is 254 Å². The Kier molecular flexibility index (Phi) is 9.94. The van der Waals surface area contributed by atoms with Crippen LogP contribution in [0.2, 0.25) is 0 Å². The van der Waals surface area contributed by atoms with Crippen LogP contribution >= 0.6 is 6.64 Å². The van der Waals surface area contributed by atoms with Crippen LogP contribution < -0.4 is 20.1 Å². The van der Waals surface area contributed by atoms with Crippen LogP contribution in [-0.2, 0) is 30.6 Å². The molecule has 1 aromatic carbocycles. The minimum absolute atomic E-state index is 0.0907. The number of fused-ring (bicyclic) bond motifs is 1. The number of carbonyl (C=O) groups excluding carboxylic acids is 1. The van der Waals surface area contributed by atoms with Crippen molar-refractivity contribution < 1.29 is 37.5 Å². The fourth-order valence-corrected chi connectivity index (χ4v) is 6.67. The van der Waals surface area contributed by atoms with Gasteiger partial charge in [0, 0.05) is 0 Å². The molecule has 2 unspecified atom stereocenters. The fraction of sp³-hybridized carbons (Fsp3) is 0.556. The molecule has 3 aromatic rings. The number of nitrogens with one attached hydrogen (secondary N) is 1. The first-order valence-electron chi connectivity index (χ1n) is 13.7. The number of nitrogens with two attached hydrogens (primary N) is 1. The van der Waals surface area contributed by atoms with Crippen LogP contribution in [0, 0.1) is 5.41 Å². The normalized spacial score (nSPS) is 24.4. The van der Waals surface area contributed by atoms with Gasteiger partial charge in [0.15, 0.2) is 23.6 Å². The average molecular weight is 641 g/mol. The summed E-state index contributed by atoms with van der Waals surface area (Å²) in [7, 11) is 0. The van der Waals surface area contributed by atoms with Crippen molar-refractivity contribution in [3.8, 4) is 11.6 Å². The monoisotopic (exact) mass is 640 g/mol. The molecule has 0 aliphatic carbocycles. The van der Waals surface area contributed by atoms with E-state index in [4.69, 9.17) is 40.8 Å². The first-order valence-corrected chi connectivity index (χ1v) is 16.4. The predicted octanol–water partition coefficient (Wildman–Crippen LogP) is 3.68. The Hall–Kier alpha value is -2.94. The molecule has 13 nitrogen and oxygen atoms in total. The minimum atomic E-state index is -3.49. The van der Waals surface area contributed by atoms with Gasteiger partial charge in [-0.25, -0.2) is 14.5 Å². The number of ether oxygens (including phenoxy) is 3. The number of anilines is 1. The lowest BCUT2D eigenvalue weighted by Gasteiger charge is -2.28. The summed E-state index contributed by atoms with van der Waals surface area (Å²) < 4.78 is 46.0. The Morgan fingerprint density at radius 1 is 1.33 bits per heavy atom. The minimum Gasteiger partial charge on any atom is -0.476 e. The lowest BCUT2D eigenvalue weighted by atomic mass is 9.98. The summed E-state index contributed by atoms with van der Waals surface area (Å²) in [6.45, 7) is 7.05. The zero-order valence-corrected chi connectivity index (χ0v) is 26.6. The molecular formula is C27H38FN6O7PS. The number of hydrogen-bond acceptors (Lipinski definition) is 12. The van der Waals surface area contributed by atoms with Gasteiger partial charge in [0.25, 0.3) is 0 Å². The van der Waals surface area contributed by atoms with E-state index >= 15 is 4.39 Å². The number of benzene rings is 1. The topological polar surface area (TPSA) is 165 Å². The lowest BCUT2D eigenvalue weighted by Crippen LogP contribution is -2.42. The van der Waals surface area contributed by atoms with Crippen LogP contribution in [0.25, 0.3) is 11.2 Å². The molecule has 6 atom stereocenters. The first-order chi connectivity index (χ1) is 20.1. The smallest absolute Gasteiger partial charge is 0.323 e. The highest BCUT2D eigenvalue weighted by molar-refractivity contribution is 8.09. The molecule has 16 heteroatoms. The molecule has 0 amide bonds. The third-order valence-corrected chi connectivity index (χ3v) is 8.86. The highest BCUT2D eigenvalue weighted by atomic mass is 32.5. The van der Waals surface area contributed by atoms with Crippen LogP contribution in [0.3, 0.4) is 0 Å². The summed E-state index contributed by atoms with van der Waals surface area (Å²) in [5.74, 6) is -0.104. The van der Waals surface area contributed by atoms with E-state index in [0.717, 1.165) is 0 Å². The molecule has 4 N–H and O–H groups in total. The van der Waals surface area contributed by atoms with Crippen LogP contribution in [0.15, 0.2) is 36.7 Å². The van der Waals surface area contributed by atoms with E-state index in [1.807, 2.05) is 20.8 Å². The number of nitrogens with zero attached hydrogens (tertiary/aromatic N) is 4. The Morgan fingerprint density at radius 3 is 2.67 bits per heavy atom. The second-order valence-corrected chi connectivity index (χ2v) is 14.7. The second-order valence-electron chi connectivity index (χ2n) is 11.5. The van der Waals surface area contributed by atoms with Crippen LogP contribution in [0.1, 0.15) is 47.8 Å². The van der Waals surface area contributed by atoms with Gasteiger partial charge < -0.3 is 34.1 Å². The van der Waals surface area contributed by atoms with E-state index in [-0.39, 0.29) is 35.0 Å². The maximum Gasteiger partial charge on any atom is 0.323 e. The molecule has 1 aliphatic heterocycles. The number of nitrogen functional groups attached to an aromatic ring is 1. The number of carbonyl (C=O) groups is 1. The van der Waals surface area contributed by atoms with Crippen molar-refractivity contribution in [1.82, 2.24) is 24.6 Å². The zero-order chi connectivity index (χ0) is 31.6. The number of alkyl halides is 1. The SMILES string of the molecule is CCOc1nc(N)nc2c1ncn2[C@@H]1O[C@H](COP(=S)(NC(C)C(=O)OCC(C)(C)C)Oc2ccccc2)[C@@H](F)[C@@]1(C)O. The predicted molar refractivity (Wildman–Crippen MR) is 161 cm³/mol. The summed E-state index contributed by atoms with van der Waals surface area (Å²) in [4.78, 5) is 25.3. The first kappa shape index (κ1) is 33.0. The van der Waals surface area contributed by atoms with E-state index in [1.54, 1.807) is 44.2 Å². The highest BCUT2D eigenvalue weighted by Gasteiger charge is 2.55. The number of imidazole rings is 1. The molecule has 4 rings (SSSR count). The van der Waals surface area contributed by atoms with Crippen molar-refractivity contribution in [3.05, 3.63) is 36.7 Å². The molecule has 0 radical (unpaired) electrons. The Balaban J connectivity index is 1.54. The van der Waals surface area contributed by atoms with Crippen molar-refractivity contribution in [3.63, 3.8) is 0 Å². The molecule has 0 bridgehead atoms. The Morgan fingerprint density at radius 2 is 2.02 bits per heavy atom. The summed E-state index contributed by atoms with van der Waals surface area (Å²) >= 11 is 5.74. The third kappa shape index (κ3) is 7.78. The van der Waals surface area contributed by atoms with E-state index in [9.17, 15) is 9.90 Å². The van der Waals surface area contributed by atoms with Gasteiger partial charge in [0.05, 0.1) is 26.1 Å². The van der Waals surface area contributed by atoms with Crippen molar-refractivity contribution in [2.75, 3.05) is 25.6 Å². The van der Waals surface area contributed by atoms with Crippen LogP contribution in [0.5, 0.6) is 11.6 Å². The van der Waals surface area contributed by atoms with Gasteiger partial charge in [-0.05, 0) is 50.1 Å². The van der Waals surface area contributed by atoms with E-state index in [1.165, 1.54) is 17.8 Å². The molecule has 236 valence electrons. The maximum atomic E-state index is 15.8. The van der Waals surface area contributed by atoms with Crippen molar-refractivity contribution in [2.45, 2.75) is 71.7 Å². The van der Waals surface area contributed by atoms with Gasteiger partial charge in [-0.15, -0.1) is 0 Å². The van der Waals surface area contributed by atoms with Crippen molar-refractivity contribution in [1.29, 1.82) is 0 Å². The summed E-state index contributed by atoms with van der Waals surface area (Å²) in [5, 5.41) is 14.2. The average Bonchev–Trinajstić information content (AvgIpc) is 3.44. The molecular weight excluding hydrogens is 602 g/mol. The molecule has 1 aliphatic rings. The highest BCUT2D eigenvalue weighted by Crippen LogP contribution is 2.48. The molecule has 1 saturated heterocycles. The Bertz CT molecular complexity index is 1470. The fourth-order valence-electron chi connectivity index (χ4n) is 4.26. The number of esters is 1. The van der Waals surface area contributed by atoms with E-state index < -0.39 is 49.4 Å². The number of halogens is 1. The summed E-state index contributed by atoms with van der Waals surface area (Å²) in [5.41, 5.74) is 4.05. The molecule has 3 heterocycles. The largest absolute Gasteiger partial charge is 0.476 e. The number of aromatic nitrogens is 4. The molecule has 1 fully saturated rings. The van der Waals surface area contributed by atoms with Crippen molar-refractivity contribution in [2.24, 2.45) is 5.41 Å². The number of para-hydroxylation sites is 1. The zero-order valence-electron chi connectivity index (χ0n) is 24.9. The van der Waals surface area contributed by atoms with Crippen molar-refractivity contribution >= 4 is 41.5 Å². The van der Waals surface area contributed by atoms with Crippen LogP contribution in [-0.4, -0.2) is 74.3 Å². The standard InChI is InChI=1S/C27H38FN6O7PS/c1-7-37-22-19-21(31-25(29)32-22)34(15-30-19)24-27(6,36)20(28)18(40-24)13-39-42(43,41-17-11-9-8-10-12-17)33-16(2)23(35)38-14-26(3,4)5/h8-12,15-16,18,20,24,36H,7,13-14H2,1-6H3,(H,33,43)(H2,29,31,32)/t16?,18-,20-,24-,27-,42?/m1/s1. The third-order valence-electron chi connectivity index (χ3n) is 6.36. The summed E-state index contributed by atoms with van der Waals surface area (Å²) in [6.07, 6.45) is -3.13. The molecule has 0 spiro atoms. The lowest BCUT2D eigenvalue weighted by molar-refractivity contribution is -0.148. The van der Waals surface area contributed by atoms with Gasteiger partial charge in [0.1, 0.15) is 23.5 Å². The van der Waals surface area contributed by atoms with E-state index in [2.05, 4.69) is 20.0 Å². The molecule has 2 aromatic heterocycles. The van der Waals surface area contributed by atoms with Crippen LogP contribution in [0.4, 0.5) is 10.3 Å². The maximum absolute atomic E-state index is 15.8. The number of aliphatic hydroxyl groups is 1. The quantitative estimate of drug-likeness (QED) is 0.194.